The lowest BCUT2D eigenvalue weighted by molar-refractivity contribution is 0.0561. The van der Waals surface area contributed by atoms with Crippen LogP contribution in [0.15, 0.2) is 42.7 Å². The van der Waals surface area contributed by atoms with Crippen LogP contribution in [0.5, 0.6) is 5.75 Å². The number of aromatic hydroxyl groups is 1. The zero-order valence-corrected chi connectivity index (χ0v) is 10.4. The Balaban J connectivity index is 1.82. The van der Waals surface area contributed by atoms with Crippen LogP contribution >= 0.6 is 0 Å². The van der Waals surface area contributed by atoms with E-state index in [1.165, 1.54) is 18.2 Å². The molecule has 1 aliphatic heterocycles. The Kier molecular flexibility index (Phi) is 2.92. The fourth-order valence-corrected chi connectivity index (χ4v) is 2.08. The molecule has 3 rings (SSSR count). The predicted molar refractivity (Wildman–Crippen MR) is 69.7 cm³/mol. The van der Waals surface area contributed by atoms with Gasteiger partial charge in [0.15, 0.2) is 0 Å². The quantitative estimate of drug-likeness (QED) is 0.815. The van der Waals surface area contributed by atoms with Gasteiger partial charge in [0.25, 0.3) is 11.8 Å². The number of hydrogen-bond acceptors (Lipinski definition) is 5. The second-order valence-electron chi connectivity index (χ2n) is 4.34. The van der Waals surface area contributed by atoms with Crippen LogP contribution in [0.3, 0.4) is 0 Å². The molecular formula is C14H11N3O3. The third-order valence-corrected chi connectivity index (χ3v) is 3.08. The molecule has 6 heteroatoms. The minimum Gasteiger partial charge on any atom is -0.507 e. The van der Waals surface area contributed by atoms with Gasteiger partial charge in [-0.3, -0.25) is 14.6 Å². The number of hydrazine groups is 1. The normalized spacial score (nSPS) is 13.7. The number of nitrogens with zero attached hydrogens (tertiary/aromatic N) is 2. The number of phenolic OH excluding ortho intramolecular Hbond substituents is 1. The van der Waals surface area contributed by atoms with Crippen LogP contribution in [-0.2, 0) is 6.54 Å². The van der Waals surface area contributed by atoms with E-state index in [1.54, 1.807) is 24.5 Å². The molecule has 0 bridgehead atoms. The predicted octanol–water partition coefficient (Wildman–Crippen LogP) is 1.09. The summed E-state index contributed by atoms with van der Waals surface area (Å²) < 4.78 is 0. The van der Waals surface area contributed by atoms with E-state index in [0.717, 1.165) is 10.6 Å². The van der Waals surface area contributed by atoms with Gasteiger partial charge in [0.05, 0.1) is 11.1 Å². The fraction of sp³-hybridized carbons (Fsp3) is 0.0714. The molecule has 0 atom stereocenters. The highest BCUT2D eigenvalue weighted by molar-refractivity contribution is 6.22. The zero-order valence-electron chi connectivity index (χ0n) is 10.4. The topological polar surface area (TPSA) is 82.5 Å². The molecule has 0 radical (unpaired) electrons. The van der Waals surface area contributed by atoms with Crippen LogP contribution in [-0.4, -0.2) is 26.9 Å². The lowest BCUT2D eigenvalue weighted by Gasteiger charge is -2.15. The number of amides is 2. The van der Waals surface area contributed by atoms with Crippen LogP contribution in [0.1, 0.15) is 26.3 Å². The summed E-state index contributed by atoms with van der Waals surface area (Å²) in [7, 11) is 0. The van der Waals surface area contributed by atoms with Gasteiger partial charge in [-0.25, -0.2) is 10.4 Å². The van der Waals surface area contributed by atoms with Crippen LogP contribution in [0, 0.1) is 0 Å². The van der Waals surface area contributed by atoms with Gasteiger partial charge in [0.2, 0.25) is 0 Å². The summed E-state index contributed by atoms with van der Waals surface area (Å²) in [5.74, 6) is -1.19. The van der Waals surface area contributed by atoms with Crippen molar-refractivity contribution in [2.75, 3.05) is 0 Å². The second kappa shape index (κ2) is 4.75. The maximum atomic E-state index is 12.1. The van der Waals surface area contributed by atoms with Crippen molar-refractivity contribution in [1.29, 1.82) is 0 Å². The summed E-state index contributed by atoms with van der Waals surface area (Å²) in [4.78, 5) is 28.1. The third-order valence-electron chi connectivity index (χ3n) is 3.08. The first-order valence-electron chi connectivity index (χ1n) is 6.01. The number of carbonyl (C=O) groups is 2. The van der Waals surface area contributed by atoms with Gasteiger partial charge in [-0.15, -0.1) is 0 Å². The number of pyridine rings is 1. The minimum absolute atomic E-state index is 0.0414. The molecule has 20 heavy (non-hydrogen) atoms. The molecule has 0 fully saturated rings. The van der Waals surface area contributed by atoms with Gasteiger partial charge in [-0.2, -0.15) is 0 Å². The lowest BCUT2D eigenvalue weighted by atomic mass is 10.1. The van der Waals surface area contributed by atoms with E-state index in [4.69, 9.17) is 0 Å². The smallest absolute Gasteiger partial charge is 0.279 e. The summed E-state index contributed by atoms with van der Waals surface area (Å²) in [6.07, 6.45) is 3.26. The number of benzene rings is 1. The number of carbonyl (C=O) groups excluding carboxylic acids is 2. The van der Waals surface area contributed by atoms with Crippen molar-refractivity contribution in [2.45, 2.75) is 6.54 Å². The van der Waals surface area contributed by atoms with Gasteiger partial charge in [0.1, 0.15) is 5.75 Å². The molecule has 0 unspecified atom stereocenters. The standard InChI is InChI=1S/C14H11N3O3/c18-11-3-1-2-10-12(11)14(20)17(13(10)19)16-8-9-4-6-15-7-5-9/h1-7,16,18H,8H2. The van der Waals surface area contributed by atoms with Crippen molar-refractivity contribution >= 4 is 11.8 Å². The van der Waals surface area contributed by atoms with Gasteiger partial charge < -0.3 is 5.11 Å². The molecule has 2 N–H and O–H groups in total. The highest BCUT2D eigenvalue weighted by atomic mass is 16.3. The molecule has 0 saturated carbocycles. The number of nitrogens with one attached hydrogen (secondary N) is 1. The average Bonchev–Trinajstić information content (AvgIpc) is 2.71. The molecule has 2 amide bonds. The molecule has 2 aromatic rings. The molecule has 100 valence electrons. The maximum absolute atomic E-state index is 12.1. The average molecular weight is 269 g/mol. The summed E-state index contributed by atoms with van der Waals surface area (Å²) in [6, 6.07) is 8.00. The van der Waals surface area contributed by atoms with Crippen LogP contribution in [0.4, 0.5) is 0 Å². The van der Waals surface area contributed by atoms with E-state index in [-0.39, 0.29) is 16.9 Å². The van der Waals surface area contributed by atoms with Gasteiger partial charge in [-0.1, -0.05) is 6.07 Å². The largest absolute Gasteiger partial charge is 0.507 e. The van der Waals surface area contributed by atoms with Gasteiger partial charge in [0, 0.05) is 18.9 Å². The number of hydrogen-bond donors (Lipinski definition) is 2. The molecule has 6 nitrogen and oxygen atoms in total. The van der Waals surface area contributed by atoms with Crippen molar-refractivity contribution in [2.24, 2.45) is 0 Å². The van der Waals surface area contributed by atoms with E-state index in [1.807, 2.05) is 0 Å². The molecular weight excluding hydrogens is 258 g/mol. The highest BCUT2D eigenvalue weighted by Crippen LogP contribution is 2.28. The van der Waals surface area contributed by atoms with Gasteiger partial charge in [-0.05, 0) is 29.8 Å². The SMILES string of the molecule is O=C1c2cccc(O)c2C(=O)N1NCc1ccncc1. The number of fused-ring (bicyclic) bond motifs is 1. The summed E-state index contributed by atoms with van der Waals surface area (Å²) in [6.45, 7) is 0.314. The van der Waals surface area contributed by atoms with Crippen molar-refractivity contribution in [1.82, 2.24) is 15.4 Å². The van der Waals surface area contributed by atoms with Crippen LogP contribution < -0.4 is 5.43 Å². The second-order valence-corrected chi connectivity index (χ2v) is 4.34. The summed E-state index contributed by atoms with van der Waals surface area (Å²) >= 11 is 0. The highest BCUT2D eigenvalue weighted by Gasteiger charge is 2.37. The van der Waals surface area contributed by atoms with Gasteiger partial charge >= 0.3 is 0 Å². The van der Waals surface area contributed by atoms with E-state index in [0.29, 0.717) is 6.54 Å². The third kappa shape index (κ3) is 1.92. The first-order chi connectivity index (χ1) is 9.68. The first kappa shape index (κ1) is 12.3. The number of aromatic nitrogens is 1. The van der Waals surface area contributed by atoms with Crippen molar-refractivity contribution in [3.63, 3.8) is 0 Å². The Morgan fingerprint density at radius 3 is 2.55 bits per heavy atom. The van der Waals surface area contributed by atoms with Crippen molar-refractivity contribution in [3.05, 3.63) is 59.4 Å². The molecule has 0 saturated heterocycles. The molecule has 1 aromatic carbocycles. The number of rotatable bonds is 3. The van der Waals surface area contributed by atoms with E-state index in [9.17, 15) is 14.7 Å². The van der Waals surface area contributed by atoms with E-state index in [2.05, 4.69) is 10.4 Å². The monoisotopic (exact) mass is 269 g/mol. The molecule has 0 spiro atoms. The number of phenols is 1. The van der Waals surface area contributed by atoms with Crippen LogP contribution in [0.2, 0.25) is 0 Å². The zero-order chi connectivity index (χ0) is 14.1. The minimum atomic E-state index is -0.544. The Bertz CT molecular complexity index is 685. The van der Waals surface area contributed by atoms with Crippen molar-refractivity contribution in [3.8, 4) is 5.75 Å². The Labute approximate surface area is 114 Å². The Morgan fingerprint density at radius 1 is 1.10 bits per heavy atom. The molecule has 1 aliphatic rings. The summed E-state index contributed by atoms with van der Waals surface area (Å²) in [5, 5.41) is 10.6. The fourth-order valence-electron chi connectivity index (χ4n) is 2.08. The molecule has 2 heterocycles. The lowest BCUT2D eigenvalue weighted by Crippen LogP contribution is -2.41. The Hall–Kier alpha value is -2.73. The summed E-state index contributed by atoms with van der Waals surface area (Å²) in [5.41, 5.74) is 3.90. The first-order valence-corrected chi connectivity index (χ1v) is 6.01. The number of imide groups is 1. The maximum Gasteiger partial charge on any atom is 0.279 e. The Morgan fingerprint density at radius 2 is 1.85 bits per heavy atom. The van der Waals surface area contributed by atoms with E-state index >= 15 is 0 Å². The molecule has 1 aromatic heterocycles. The van der Waals surface area contributed by atoms with Crippen LogP contribution in [0.25, 0.3) is 0 Å². The molecule has 0 aliphatic carbocycles. The van der Waals surface area contributed by atoms with E-state index < -0.39 is 11.8 Å². The van der Waals surface area contributed by atoms with Crippen molar-refractivity contribution < 1.29 is 14.7 Å².